The van der Waals surface area contributed by atoms with Crippen LogP contribution in [0.1, 0.15) is 20.7 Å². The van der Waals surface area contributed by atoms with E-state index in [1.54, 1.807) is 12.1 Å². The van der Waals surface area contributed by atoms with Crippen molar-refractivity contribution >= 4 is 28.9 Å². The highest BCUT2D eigenvalue weighted by Crippen LogP contribution is 2.24. The summed E-state index contributed by atoms with van der Waals surface area (Å²) < 4.78 is 27.1. The summed E-state index contributed by atoms with van der Waals surface area (Å²) in [6, 6.07) is 9.11. The molecule has 0 unspecified atom stereocenters. The summed E-state index contributed by atoms with van der Waals surface area (Å²) in [5.41, 5.74) is 1.16. The molecule has 0 spiro atoms. The molecule has 144 valence electrons. The molecular weight excluding hydrogens is 382 g/mol. The van der Waals surface area contributed by atoms with Crippen molar-refractivity contribution in [3.05, 3.63) is 77.6 Å². The van der Waals surface area contributed by atoms with Crippen molar-refractivity contribution in [2.75, 3.05) is 5.32 Å². The van der Waals surface area contributed by atoms with Crippen molar-refractivity contribution in [3.63, 3.8) is 0 Å². The lowest BCUT2D eigenvalue weighted by atomic mass is 10.1. The van der Waals surface area contributed by atoms with Gasteiger partial charge in [-0.2, -0.15) is 0 Å². The van der Waals surface area contributed by atoms with Crippen LogP contribution in [0.3, 0.4) is 0 Å². The summed E-state index contributed by atoms with van der Waals surface area (Å²) in [4.78, 5) is 34.7. The molecule has 0 saturated heterocycles. The van der Waals surface area contributed by atoms with E-state index in [0.717, 1.165) is 12.1 Å². The molecule has 0 bridgehead atoms. The second-order valence-electron chi connectivity index (χ2n) is 6.13. The molecule has 0 atom stereocenters. The van der Waals surface area contributed by atoms with Gasteiger partial charge in [-0.15, -0.1) is 0 Å². The Hall–Kier alpha value is -4.14. The number of fused-ring (bicyclic) bond motifs is 1. The number of carboxylic acids is 1. The molecule has 2 aromatic heterocycles. The van der Waals surface area contributed by atoms with E-state index in [1.165, 1.54) is 30.6 Å². The van der Waals surface area contributed by atoms with E-state index in [9.17, 15) is 23.5 Å². The van der Waals surface area contributed by atoms with Crippen molar-refractivity contribution in [3.8, 4) is 11.1 Å². The molecule has 0 aliphatic carbocycles. The van der Waals surface area contributed by atoms with E-state index in [1.807, 2.05) is 0 Å². The number of carbonyl (C=O) groups excluding carboxylic acids is 1. The Morgan fingerprint density at radius 3 is 2.66 bits per heavy atom. The molecule has 4 aromatic rings. The van der Waals surface area contributed by atoms with Crippen LogP contribution in [0.2, 0.25) is 0 Å². The van der Waals surface area contributed by atoms with E-state index in [4.69, 9.17) is 0 Å². The van der Waals surface area contributed by atoms with Gasteiger partial charge in [-0.25, -0.2) is 18.6 Å². The number of aromatic carboxylic acids is 1. The number of imidazole rings is 1. The second-order valence-corrected chi connectivity index (χ2v) is 6.13. The average Bonchev–Trinajstić information content (AvgIpc) is 3.10. The van der Waals surface area contributed by atoms with Gasteiger partial charge in [0.1, 0.15) is 17.2 Å². The first kappa shape index (κ1) is 18.2. The molecule has 1 amide bonds. The Morgan fingerprint density at radius 1 is 1.07 bits per heavy atom. The van der Waals surface area contributed by atoms with Crippen LogP contribution in [0.5, 0.6) is 0 Å². The molecule has 0 aliphatic rings. The summed E-state index contributed by atoms with van der Waals surface area (Å²) in [7, 11) is 0. The number of benzene rings is 2. The van der Waals surface area contributed by atoms with Crippen LogP contribution >= 0.6 is 0 Å². The minimum absolute atomic E-state index is 0.00491. The topological polar surface area (TPSA) is 108 Å². The molecule has 3 N–H and O–H groups in total. The van der Waals surface area contributed by atoms with Gasteiger partial charge in [0.25, 0.3) is 5.91 Å². The number of pyridine rings is 1. The number of hydrogen-bond acceptors (Lipinski definition) is 4. The van der Waals surface area contributed by atoms with Crippen molar-refractivity contribution in [1.29, 1.82) is 0 Å². The van der Waals surface area contributed by atoms with Crippen molar-refractivity contribution in [1.82, 2.24) is 15.0 Å². The average molecular weight is 394 g/mol. The number of aromatic amines is 1. The number of carboxylic acid groups (broad SMARTS) is 1. The number of para-hydroxylation sites is 1. The zero-order valence-electron chi connectivity index (χ0n) is 14.6. The maximum atomic E-state index is 14.0. The first-order chi connectivity index (χ1) is 13.9. The van der Waals surface area contributed by atoms with Gasteiger partial charge in [0.2, 0.25) is 5.95 Å². The highest BCUT2D eigenvalue weighted by atomic mass is 19.1. The van der Waals surface area contributed by atoms with Gasteiger partial charge in [-0.05, 0) is 30.3 Å². The Balaban J connectivity index is 1.63. The van der Waals surface area contributed by atoms with E-state index in [0.29, 0.717) is 11.1 Å². The molecule has 9 heteroatoms. The quantitative estimate of drug-likeness (QED) is 0.487. The number of rotatable bonds is 4. The summed E-state index contributed by atoms with van der Waals surface area (Å²) >= 11 is 0. The Bertz CT molecular complexity index is 1270. The van der Waals surface area contributed by atoms with E-state index < -0.39 is 23.5 Å². The first-order valence-corrected chi connectivity index (χ1v) is 8.36. The number of aromatic nitrogens is 3. The fourth-order valence-corrected chi connectivity index (χ4v) is 2.88. The predicted molar refractivity (Wildman–Crippen MR) is 101 cm³/mol. The number of anilines is 1. The third-order valence-electron chi connectivity index (χ3n) is 4.22. The van der Waals surface area contributed by atoms with Gasteiger partial charge in [-0.3, -0.25) is 15.1 Å². The van der Waals surface area contributed by atoms with Gasteiger partial charge in [0, 0.05) is 29.6 Å². The number of nitrogens with one attached hydrogen (secondary N) is 2. The zero-order valence-corrected chi connectivity index (χ0v) is 14.6. The molecule has 0 saturated carbocycles. The molecule has 2 aromatic carbocycles. The molecule has 0 aliphatic heterocycles. The van der Waals surface area contributed by atoms with Crippen LogP contribution in [-0.4, -0.2) is 31.9 Å². The smallest absolute Gasteiger partial charge is 0.337 e. The van der Waals surface area contributed by atoms with Crippen LogP contribution in [0.4, 0.5) is 14.7 Å². The Kier molecular flexibility index (Phi) is 4.47. The van der Waals surface area contributed by atoms with Gasteiger partial charge in [0.15, 0.2) is 0 Å². The SMILES string of the molecule is O=C(Nc1nc2c(C(=O)O)cccc2[nH]1)c1cncc(-c2ccc(F)cc2F)c1. The van der Waals surface area contributed by atoms with Crippen LogP contribution in [0.15, 0.2) is 54.9 Å². The standard InChI is InChI=1S/C20H12F2N4O3/c21-12-4-5-13(15(22)7-12)10-6-11(9-23-8-10)18(27)26-20-24-16-3-1-2-14(19(28)29)17(16)25-20/h1-9H,(H,28,29)(H2,24,25,26,27). The zero-order chi connectivity index (χ0) is 20.5. The molecule has 7 nitrogen and oxygen atoms in total. The summed E-state index contributed by atoms with van der Waals surface area (Å²) in [6.07, 6.45) is 2.64. The van der Waals surface area contributed by atoms with Crippen molar-refractivity contribution in [2.24, 2.45) is 0 Å². The maximum absolute atomic E-state index is 14.0. The predicted octanol–water partition coefficient (Wildman–Crippen LogP) is 3.85. The molecule has 0 fully saturated rings. The van der Waals surface area contributed by atoms with Gasteiger partial charge in [-0.1, -0.05) is 6.07 Å². The molecule has 0 radical (unpaired) electrons. The number of H-pyrrole nitrogens is 1. The summed E-state index contributed by atoms with van der Waals surface area (Å²) in [5.74, 6) is -3.16. The van der Waals surface area contributed by atoms with E-state index in [-0.39, 0.29) is 28.2 Å². The number of nitrogens with zero attached hydrogens (tertiary/aromatic N) is 2. The lowest BCUT2D eigenvalue weighted by molar-refractivity contribution is 0.0698. The Morgan fingerprint density at radius 2 is 1.90 bits per heavy atom. The second kappa shape index (κ2) is 7.12. The van der Waals surface area contributed by atoms with Crippen LogP contribution in [0.25, 0.3) is 22.2 Å². The van der Waals surface area contributed by atoms with Crippen LogP contribution < -0.4 is 5.32 Å². The third kappa shape index (κ3) is 3.53. The number of amides is 1. The van der Waals surface area contributed by atoms with E-state index in [2.05, 4.69) is 20.3 Å². The lowest BCUT2D eigenvalue weighted by Gasteiger charge is -2.06. The van der Waals surface area contributed by atoms with Gasteiger partial charge < -0.3 is 10.1 Å². The molecule has 4 rings (SSSR count). The minimum atomic E-state index is -1.14. The normalized spacial score (nSPS) is 10.8. The van der Waals surface area contributed by atoms with E-state index >= 15 is 0 Å². The summed E-state index contributed by atoms with van der Waals surface area (Å²) in [5, 5.41) is 11.8. The minimum Gasteiger partial charge on any atom is -0.478 e. The van der Waals surface area contributed by atoms with Gasteiger partial charge in [0.05, 0.1) is 16.6 Å². The highest BCUT2D eigenvalue weighted by Gasteiger charge is 2.16. The monoisotopic (exact) mass is 394 g/mol. The van der Waals surface area contributed by atoms with Crippen LogP contribution in [-0.2, 0) is 0 Å². The fraction of sp³-hybridized carbons (Fsp3) is 0. The van der Waals surface area contributed by atoms with Gasteiger partial charge >= 0.3 is 5.97 Å². The molecular formula is C20H12F2N4O3. The number of hydrogen-bond donors (Lipinski definition) is 3. The molecule has 29 heavy (non-hydrogen) atoms. The number of carbonyl (C=O) groups is 2. The molecule has 2 heterocycles. The number of halogens is 2. The first-order valence-electron chi connectivity index (χ1n) is 8.36. The Labute approximate surface area is 162 Å². The fourth-order valence-electron chi connectivity index (χ4n) is 2.88. The largest absolute Gasteiger partial charge is 0.478 e. The van der Waals surface area contributed by atoms with Crippen molar-refractivity contribution in [2.45, 2.75) is 0 Å². The third-order valence-corrected chi connectivity index (χ3v) is 4.22. The summed E-state index contributed by atoms with van der Waals surface area (Å²) in [6.45, 7) is 0. The maximum Gasteiger partial charge on any atom is 0.337 e. The van der Waals surface area contributed by atoms with Crippen molar-refractivity contribution < 1.29 is 23.5 Å². The van der Waals surface area contributed by atoms with Crippen LogP contribution in [0, 0.1) is 11.6 Å². The lowest BCUT2D eigenvalue weighted by Crippen LogP contribution is -2.13. The highest BCUT2D eigenvalue weighted by molar-refractivity contribution is 6.06.